The zero-order chi connectivity index (χ0) is 16.1. The third-order valence-electron chi connectivity index (χ3n) is 3.31. The van der Waals surface area contributed by atoms with Crippen molar-refractivity contribution in [2.24, 2.45) is 0 Å². The van der Waals surface area contributed by atoms with Crippen molar-refractivity contribution in [2.75, 3.05) is 11.6 Å². The van der Waals surface area contributed by atoms with Crippen molar-refractivity contribution in [3.63, 3.8) is 0 Å². The first-order valence-electron chi connectivity index (χ1n) is 6.96. The molecule has 0 atom stereocenters. The topological polar surface area (TPSA) is 75.1 Å². The maximum absolute atomic E-state index is 12.0. The Bertz CT molecular complexity index is 666. The second kappa shape index (κ2) is 7.26. The highest BCUT2D eigenvalue weighted by Crippen LogP contribution is 2.18. The van der Waals surface area contributed by atoms with Crippen LogP contribution in [-0.4, -0.2) is 27.2 Å². The van der Waals surface area contributed by atoms with Crippen molar-refractivity contribution in [2.45, 2.75) is 31.8 Å². The van der Waals surface area contributed by atoms with Crippen molar-refractivity contribution in [3.8, 4) is 5.75 Å². The number of phenols is 1. The van der Waals surface area contributed by atoms with Gasteiger partial charge in [0.15, 0.2) is 5.16 Å². The van der Waals surface area contributed by atoms with Crippen LogP contribution in [0.3, 0.4) is 0 Å². The molecule has 5 nitrogen and oxygen atoms in total. The van der Waals surface area contributed by atoms with Crippen LogP contribution in [0.4, 0.5) is 5.69 Å². The fourth-order valence-corrected chi connectivity index (χ4v) is 2.66. The Morgan fingerprint density at radius 1 is 1.27 bits per heavy atom. The fraction of sp³-hybridized carbons (Fsp3) is 0.312. The summed E-state index contributed by atoms with van der Waals surface area (Å²) in [5, 5.41) is 12.9. The SMILES string of the molecule is CSc1nc(C)c(CCC(=O)Nc2cccc(O)c2)c(C)n1. The minimum absolute atomic E-state index is 0.0988. The molecule has 1 heterocycles. The van der Waals surface area contributed by atoms with Gasteiger partial charge in [0.25, 0.3) is 0 Å². The molecule has 0 radical (unpaired) electrons. The molecule has 2 rings (SSSR count). The van der Waals surface area contributed by atoms with Gasteiger partial charge in [0.05, 0.1) is 0 Å². The Labute approximate surface area is 134 Å². The summed E-state index contributed by atoms with van der Waals surface area (Å²) in [6.45, 7) is 3.88. The molecule has 2 N–H and O–H groups in total. The normalized spacial score (nSPS) is 10.5. The Morgan fingerprint density at radius 3 is 2.55 bits per heavy atom. The molecule has 2 aromatic rings. The number of amides is 1. The molecule has 0 saturated carbocycles. The molecule has 0 aliphatic carbocycles. The van der Waals surface area contributed by atoms with E-state index in [1.807, 2.05) is 20.1 Å². The third-order valence-corrected chi connectivity index (χ3v) is 3.86. The summed E-state index contributed by atoms with van der Waals surface area (Å²) in [6, 6.07) is 6.51. The van der Waals surface area contributed by atoms with Gasteiger partial charge >= 0.3 is 0 Å². The molecule has 1 amide bonds. The van der Waals surface area contributed by atoms with E-state index in [0.29, 0.717) is 18.5 Å². The highest BCUT2D eigenvalue weighted by Gasteiger charge is 2.11. The summed E-state index contributed by atoms with van der Waals surface area (Å²) in [5.74, 6) is 0.0314. The van der Waals surface area contributed by atoms with Gasteiger partial charge in [0, 0.05) is 29.6 Å². The van der Waals surface area contributed by atoms with Crippen molar-refractivity contribution in [3.05, 3.63) is 41.2 Å². The summed E-state index contributed by atoms with van der Waals surface area (Å²) >= 11 is 1.51. The summed E-state index contributed by atoms with van der Waals surface area (Å²) in [4.78, 5) is 20.8. The van der Waals surface area contributed by atoms with Crippen LogP contribution in [0.15, 0.2) is 29.4 Å². The predicted octanol–water partition coefficient (Wildman–Crippen LogP) is 3.09. The largest absolute Gasteiger partial charge is 0.508 e. The molecule has 0 aliphatic heterocycles. The number of anilines is 1. The molecule has 1 aromatic carbocycles. The molecule has 1 aromatic heterocycles. The van der Waals surface area contributed by atoms with Gasteiger partial charge in [-0.25, -0.2) is 9.97 Å². The Balaban J connectivity index is 1.99. The molecule has 0 unspecified atom stereocenters. The maximum Gasteiger partial charge on any atom is 0.224 e. The van der Waals surface area contributed by atoms with Crippen LogP contribution in [0, 0.1) is 13.8 Å². The minimum atomic E-state index is -0.0988. The first-order valence-corrected chi connectivity index (χ1v) is 8.19. The zero-order valence-electron chi connectivity index (χ0n) is 12.9. The first kappa shape index (κ1) is 16.3. The van der Waals surface area contributed by atoms with Crippen LogP contribution in [0.25, 0.3) is 0 Å². The van der Waals surface area contributed by atoms with Gasteiger partial charge in [-0.2, -0.15) is 0 Å². The number of aryl methyl sites for hydroxylation is 2. The second-order valence-electron chi connectivity index (χ2n) is 4.96. The summed E-state index contributed by atoms with van der Waals surface area (Å²) in [6.07, 6.45) is 2.88. The lowest BCUT2D eigenvalue weighted by Crippen LogP contribution is -2.13. The van der Waals surface area contributed by atoms with Crippen molar-refractivity contribution < 1.29 is 9.90 Å². The van der Waals surface area contributed by atoms with Crippen molar-refractivity contribution >= 4 is 23.4 Å². The van der Waals surface area contributed by atoms with E-state index in [1.54, 1.807) is 18.2 Å². The van der Waals surface area contributed by atoms with E-state index >= 15 is 0 Å². The summed E-state index contributed by atoms with van der Waals surface area (Å²) in [7, 11) is 0. The Hall–Kier alpha value is -2.08. The van der Waals surface area contributed by atoms with E-state index in [4.69, 9.17) is 0 Å². The van der Waals surface area contributed by atoms with Crippen LogP contribution in [-0.2, 0) is 11.2 Å². The van der Waals surface area contributed by atoms with E-state index in [0.717, 1.165) is 22.1 Å². The number of carbonyl (C=O) groups excluding carboxylic acids is 1. The molecule has 0 fully saturated rings. The summed E-state index contributed by atoms with van der Waals surface area (Å²) in [5.41, 5.74) is 3.44. The predicted molar refractivity (Wildman–Crippen MR) is 88.3 cm³/mol. The van der Waals surface area contributed by atoms with E-state index in [9.17, 15) is 9.90 Å². The van der Waals surface area contributed by atoms with Gasteiger partial charge in [-0.1, -0.05) is 17.8 Å². The van der Waals surface area contributed by atoms with Crippen LogP contribution < -0.4 is 5.32 Å². The second-order valence-corrected chi connectivity index (χ2v) is 5.73. The number of aromatic hydroxyl groups is 1. The maximum atomic E-state index is 12.0. The molecule has 116 valence electrons. The standard InChI is InChI=1S/C16H19N3O2S/c1-10-14(11(2)18-16(17-10)22-3)7-8-15(21)19-12-5-4-6-13(20)9-12/h4-6,9,20H,7-8H2,1-3H3,(H,19,21). The number of benzene rings is 1. The van der Waals surface area contributed by atoms with Crippen LogP contribution in [0.2, 0.25) is 0 Å². The number of rotatable bonds is 5. The smallest absolute Gasteiger partial charge is 0.224 e. The number of nitrogens with one attached hydrogen (secondary N) is 1. The highest BCUT2D eigenvalue weighted by atomic mass is 32.2. The highest BCUT2D eigenvalue weighted by molar-refractivity contribution is 7.98. The molecular formula is C16H19N3O2S. The average Bonchev–Trinajstić information content (AvgIpc) is 2.46. The molecule has 0 aliphatic rings. The molecule has 0 bridgehead atoms. The lowest BCUT2D eigenvalue weighted by molar-refractivity contribution is -0.116. The lowest BCUT2D eigenvalue weighted by atomic mass is 10.1. The van der Waals surface area contributed by atoms with E-state index in [2.05, 4.69) is 15.3 Å². The number of nitrogens with zero attached hydrogens (tertiary/aromatic N) is 2. The zero-order valence-corrected chi connectivity index (χ0v) is 13.7. The molecule has 0 saturated heterocycles. The number of hydrogen-bond acceptors (Lipinski definition) is 5. The van der Waals surface area contributed by atoms with Crippen molar-refractivity contribution in [1.82, 2.24) is 9.97 Å². The average molecular weight is 317 g/mol. The van der Waals surface area contributed by atoms with Gasteiger partial charge in [0.2, 0.25) is 5.91 Å². The monoisotopic (exact) mass is 317 g/mol. The van der Waals surface area contributed by atoms with Gasteiger partial charge in [0.1, 0.15) is 5.75 Å². The van der Waals surface area contributed by atoms with Crippen LogP contribution in [0.1, 0.15) is 23.4 Å². The number of phenolic OH excluding ortho intramolecular Hbond substituents is 1. The van der Waals surface area contributed by atoms with Gasteiger partial charge < -0.3 is 10.4 Å². The van der Waals surface area contributed by atoms with Crippen LogP contribution in [0.5, 0.6) is 5.75 Å². The Kier molecular flexibility index (Phi) is 5.38. The third kappa shape index (κ3) is 4.21. The van der Waals surface area contributed by atoms with E-state index in [-0.39, 0.29) is 11.7 Å². The first-order chi connectivity index (χ1) is 10.5. The van der Waals surface area contributed by atoms with Gasteiger partial charge in [-0.15, -0.1) is 0 Å². The minimum Gasteiger partial charge on any atom is -0.508 e. The molecule has 22 heavy (non-hydrogen) atoms. The molecule has 6 heteroatoms. The molecular weight excluding hydrogens is 298 g/mol. The number of aromatic nitrogens is 2. The number of thioether (sulfide) groups is 1. The van der Waals surface area contributed by atoms with E-state index in [1.165, 1.54) is 17.8 Å². The molecule has 0 spiro atoms. The number of hydrogen-bond donors (Lipinski definition) is 2. The van der Waals surface area contributed by atoms with Gasteiger partial charge in [-0.3, -0.25) is 4.79 Å². The fourth-order valence-electron chi connectivity index (χ4n) is 2.21. The van der Waals surface area contributed by atoms with Crippen molar-refractivity contribution in [1.29, 1.82) is 0 Å². The van der Waals surface area contributed by atoms with E-state index < -0.39 is 0 Å². The lowest BCUT2D eigenvalue weighted by Gasteiger charge is -2.10. The Morgan fingerprint density at radius 2 is 1.95 bits per heavy atom. The number of carbonyl (C=O) groups is 1. The van der Waals surface area contributed by atoms with Crippen LogP contribution >= 0.6 is 11.8 Å². The summed E-state index contributed by atoms with van der Waals surface area (Å²) < 4.78 is 0. The quantitative estimate of drug-likeness (QED) is 0.655. The van der Waals surface area contributed by atoms with Gasteiger partial charge in [-0.05, 0) is 44.2 Å².